The van der Waals surface area contributed by atoms with Crippen molar-refractivity contribution in [2.75, 3.05) is 13.2 Å². The van der Waals surface area contributed by atoms with Crippen LogP contribution in [0.1, 0.15) is 52.9 Å². The summed E-state index contributed by atoms with van der Waals surface area (Å²) in [4.78, 5) is 11.7. The number of hydrogen-bond donors (Lipinski definition) is 0. The van der Waals surface area contributed by atoms with Crippen LogP contribution < -0.4 is 0 Å². The maximum Gasteiger partial charge on any atom is 0.161 e. The molecule has 0 aliphatic heterocycles. The van der Waals surface area contributed by atoms with Gasteiger partial charge in [0.25, 0.3) is 0 Å². The van der Waals surface area contributed by atoms with Crippen LogP contribution in [0.3, 0.4) is 0 Å². The molecule has 0 unspecified atom stereocenters. The highest BCUT2D eigenvalue weighted by Crippen LogP contribution is 2.14. The minimum atomic E-state index is 0.238. The van der Waals surface area contributed by atoms with Gasteiger partial charge in [0.05, 0.1) is 0 Å². The Morgan fingerprint density at radius 2 is 1.64 bits per heavy atom. The van der Waals surface area contributed by atoms with Crippen LogP contribution in [0.5, 0.6) is 0 Å². The summed E-state index contributed by atoms with van der Waals surface area (Å²) >= 11 is 0. The normalized spacial score (nSPS) is 10.9. The highest BCUT2D eigenvalue weighted by Gasteiger charge is 2.15. The first-order chi connectivity index (χ1) is 6.76. The molecule has 2 heteroatoms. The van der Waals surface area contributed by atoms with Crippen molar-refractivity contribution in [3.8, 4) is 0 Å². The van der Waals surface area contributed by atoms with Crippen LogP contribution in [0.25, 0.3) is 0 Å². The van der Waals surface area contributed by atoms with Gasteiger partial charge in [-0.1, -0.05) is 33.6 Å². The average molecular weight is 200 g/mol. The van der Waals surface area contributed by atoms with Crippen molar-refractivity contribution in [2.24, 2.45) is 5.92 Å². The Kier molecular flexibility index (Phi) is 8.95. The monoisotopic (exact) mass is 200 g/mol. The Bertz CT molecular complexity index is 137. The van der Waals surface area contributed by atoms with Crippen molar-refractivity contribution in [2.45, 2.75) is 52.9 Å². The van der Waals surface area contributed by atoms with Crippen molar-refractivity contribution in [3.63, 3.8) is 0 Å². The van der Waals surface area contributed by atoms with E-state index < -0.39 is 0 Å². The van der Waals surface area contributed by atoms with Crippen molar-refractivity contribution in [1.82, 2.24) is 0 Å². The fourth-order valence-electron chi connectivity index (χ4n) is 1.60. The van der Waals surface area contributed by atoms with Crippen molar-refractivity contribution < 1.29 is 9.53 Å². The van der Waals surface area contributed by atoms with Crippen molar-refractivity contribution in [3.05, 3.63) is 0 Å². The molecule has 0 N–H and O–H groups in total. The third-order valence-corrected chi connectivity index (χ3v) is 2.32. The van der Waals surface area contributed by atoms with Gasteiger partial charge in [-0.15, -0.1) is 0 Å². The highest BCUT2D eigenvalue weighted by atomic mass is 16.5. The van der Waals surface area contributed by atoms with E-state index in [2.05, 4.69) is 20.8 Å². The van der Waals surface area contributed by atoms with Gasteiger partial charge < -0.3 is 4.74 Å². The maximum atomic E-state index is 11.7. The molecule has 0 bridgehead atoms. The van der Waals surface area contributed by atoms with Gasteiger partial charge in [-0.05, 0) is 19.3 Å². The Morgan fingerprint density at radius 1 is 1.07 bits per heavy atom. The quantitative estimate of drug-likeness (QED) is 0.534. The van der Waals surface area contributed by atoms with Crippen molar-refractivity contribution >= 4 is 5.78 Å². The minimum absolute atomic E-state index is 0.238. The SMILES string of the molecule is CCCOCC(=O)C(CCC)CCC. The van der Waals surface area contributed by atoms with E-state index in [0.717, 1.165) is 32.1 Å². The summed E-state index contributed by atoms with van der Waals surface area (Å²) < 4.78 is 5.27. The number of carbonyl (C=O) groups excluding carboxylic acids is 1. The lowest BCUT2D eigenvalue weighted by Gasteiger charge is -2.13. The van der Waals surface area contributed by atoms with E-state index in [4.69, 9.17) is 4.74 Å². The van der Waals surface area contributed by atoms with Crippen LogP contribution in [0, 0.1) is 5.92 Å². The summed E-state index contributed by atoms with van der Waals surface area (Å²) in [5.41, 5.74) is 0. The van der Waals surface area contributed by atoms with Crippen LogP contribution in [-0.2, 0) is 9.53 Å². The Morgan fingerprint density at radius 3 is 2.07 bits per heavy atom. The zero-order valence-electron chi connectivity index (χ0n) is 9.84. The topological polar surface area (TPSA) is 26.3 Å². The number of carbonyl (C=O) groups is 1. The number of hydrogen-bond acceptors (Lipinski definition) is 2. The molecule has 0 rings (SSSR count). The molecule has 0 aromatic heterocycles. The molecule has 0 aliphatic rings. The Balaban J connectivity index is 3.76. The van der Waals surface area contributed by atoms with Crippen LogP contribution in [0.2, 0.25) is 0 Å². The van der Waals surface area contributed by atoms with Gasteiger partial charge in [-0.3, -0.25) is 4.79 Å². The molecule has 2 nitrogen and oxygen atoms in total. The molecule has 0 heterocycles. The Hall–Kier alpha value is -0.370. The van der Waals surface area contributed by atoms with Gasteiger partial charge in [0, 0.05) is 12.5 Å². The second kappa shape index (κ2) is 9.20. The molecule has 0 fully saturated rings. The molecule has 0 saturated carbocycles. The molecule has 14 heavy (non-hydrogen) atoms. The van der Waals surface area contributed by atoms with Gasteiger partial charge in [-0.2, -0.15) is 0 Å². The number of rotatable bonds is 9. The van der Waals surface area contributed by atoms with Crippen LogP contribution in [-0.4, -0.2) is 19.0 Å². The first-order valence-corrected chi connectivity index (χ1v) is 5.86. The fraction of sp³-hybridized carbons (Fsp3) is 0.917. The summed E-state index contributed by atoms with van der Waals surface area (Å²) in [6.45, 7) is 7.33. The summed E-state index contributed by atoms with van der Waals surface area (Å²) in [6, 6.07) is 0. The molecule has 0 aliphatic carbocycles. The van der Waals surface area contributed by atoms with E-state index in [1.807, 2.05) is 0 Å². The first-order valence-electron chi connectivity index (χ1n) is 5.86. The second-order valence-electron chi connectivity index (χ2n) is 3.79. The lowest BCUT2D eigenvalue weighted by molar-refractivity contribution is -0.128. The Labute approximate surface area is 88.0 Å². The van der Waals surface area contributed by atoms with E-state index in [1.165, 1.54) is 0 Å². The fourth-order valence-corrected chi connectivity index (χ4v) is 1.60. The minimum Gasteiger partial charge on any atom is -0.374 e. The van der Waals surface area contributed by atoms with E-state index in [9.17, 15) is 4.79 Å². The summed E-state index contributed by atoms with van der Waals surface area (Å²) in [6.07, 6.45) is 5.19. The molecule has 84 valence electrons. The van der Waals surface area contributed by atoms with E-state index >= 15 is 0 Å². The van der Waals surface area contributed by atoms with Crippen molar-refractivity contribution in [1.29, 1.82) is 0 Å². The maximum absolute atomic E-state index is 11.7. The van der Waals surface area contributed by atoms with Crippen LogP contribution in [0.4, 0.5) is 0 Å². The molecule has 0 radical (unpaired) electrons. The largest absolute Gasteiger partial charge is 0.374 e. The molecule has 0 saturated heterocycles. The summed E-state index contributed by atoms with van der Waals surface area (Å²) in [5, 5.41) is 0. The zero-order valence-corrected chi connectivity index (χ0v) is 9.84. The number of Topliss-reactive ketones (excluding diaryl/α,β-unsaturated/α-hetero) is 1. The van der Waals surface area contributed by atoms with Gasteiger partial charge in [0.2, 0.25) is 0 Å². The highest BCUT2D eigenvalue weighted by molar-refractivity contribution is 5.82. The van der Waals surface area contributed by atoms with Crippen LogP contribution in [0.15, 0.2) is 0 Å². The molecule has 0 aromatic rings. The van der Waals surface area contributed by atoms with E-state index in [-0.39, 0.29) is 5.92 Å². The average Bonchev–Trinajstić information content (AvgIpc) is 2.18. The van der Waals surface area contributed by atoms with E-state index in [1.54, 1.807) is 0 Å². The van der Waals surface area contributed by atoms with E-state index in [0.29, 0.717) is 19.0 Å². The van der Waals surface area contributed by atoms with Gasteiger partial charge in [-0.25, -0.2) is 0 Å². The van der Waals surface area contributed by atoms with Gasteiger partial charge in [0.15, 0.2) is 5.78 Å². The standard InChI is InChI=1S/C12H24O2/c1-4-7-11(8-5-2)12(13)10-14-9-6-3/h11H,4-10H2,1-3H3. The molecule has 0 aromatic carbocycles. The predicted octanol–water partition coefficient (Wildman–Crippen LogP) is 3.20. The molecule has 0 amide bonds. The first kappa shape index (κ1) is 13.6. The lowest BCUT2D eigenvalue weighted by Crippen LogP contribution is -2.20. The molecular formula is C12H24O2. The number of ketones is 1. The number of ether oxygens (including phenoxy) is 1. The van der Waals surface area contributed by atoms with Gasteiger partial charge in [0.1, 0.15) is 6.61 Å². The smallest absolute Gasteiger partial charge is 0.161 e. The predicted molar refractivity (Wildman–Crippen MR) is 59.4 cm³/mol. The second-order valence-corrected chi connectivity index (χ2v) is 3.79. The van der Waals surface area contributed by atoms with Gasteiger partial charge >= 0.3 is 0 Å². The molecular weight excluding hydrogens is 176 g/mol. The lowest BCUT2D eigenvalue weighted by atomic mass is 9.94. The molecule has 0 atom stereocenters. The summed E-state index contributed by atoms with van der Waals surface area (Å²) in [7, 11) is 0. The third-order valence-electron chi connectivity index (χ3n) is 2.32. The summed E-state index contributed by atoms with van der Waals surface area (Å²) in [5.74, 6) is 0.531. The zero-order chi connectivity index (χ0) is 10.8. The van der Waals surface area contributed by atoms with Crippen LogP contribution >= 0.6 is 0 Å². The molecule has 0 spiro atoms. The third kappa shape index (κ3) is 6.14.